The number of nitrogens with zero attached hydrogens (tertiary/aromatic N) is 1. The molecule has 2 amide bonds. The maximum absolute atomic E-state index is 13.6. The molecule has 7 nitrogen and oxygen atoms in total. The number of carbonyl (C=O) groups is 2. The molecule has 0 bridgehead atoms. The average Bonchev–Trinajstić information content (AvgIpc) is 2.76. The molecule has 2 N–H and O–H groups in total. The maximum atomic E-state index is 13.6. The SMILES string of the molecule is Cc1ccc(S(=O)(=O)N(CC(=O)Nc2ccccc2C(=O)NC(C)(C)C)c2cc(Cl)cc(Cl)c2)cc1. The highest BCUT2D eigenvalue weighted by Crippen LogP contribution is 2.30. The van der Waals surface area contributed by atoms with E-state index < -0.39 is 28.0 Å². The van der Waals surface area contributed by atoms with Crippen LogP contribution in [0.2, 0.25) is 10.0 Å². The molecule has 0 unspecified atom stereocenters. The molecule has 36 heavy (non-hydrogen) atoms. The molecule has 0 aliphatic rings. The molecule has 0 saturated heterocycles. The van der Waals surface area contributed by atoms with Crippen molar-refractivity contribution in [1.82, 2.24) is 5.32 Å². The molecule has 0 fully saturated rings. The zero-order valence-corrected chi connectivity index (χ0v) is 22.6. The van der Waals surface area contributed by atoms with E-state index in [1.54, 1.807) is 36.4 Å². The second kappa shape index (κ2) is 10.9. The lowest BCUT2D eigenvalue weighted by atomic mass is 10.1. The Morgan fingerprint density at radius 2 is 1.50 bits per heavy atom. The van der Waals surface area contributed by atoms with Gasteiger partial charge < -0.3 is 10.6 Å². The normalized spacial score (nSPS) is 11.6. The smallest absolute Gasteiger partial charge is 0.264 e. The molecular weight excluding hydrogens is 521 g/mol. The van der Waals surface area contributed by atoms with E-state index in [0.29, 0.717) is 0 Å². The highest BCUT2D eigenvalue weighted by molar-refractivity contribution is 7.92. The number of sulfonamides is 1. The molecule has 0 saturated carbocycles. The molecule has 190 valence electrons. The Labute approximate surface area is 221 Å². The molecule has 3 aromatic carbocycles. The summed E-state index contributed by atoms with van der Waals surface area (Å²) in [5, 5.41) is 5.95. The number of halogens is 2. The van der Waals surface area contributed by atoms with Crippen LogP contribution in [0.5, 0.6) is 0 Å². The number of nitrogens with one attached hydrogen (secondary N) is 2. The van der Waals surface area contributed by atoms with Crippen molar-refractivity contribution in [2.75, 3.05) is 16.2 Å². The molecule has 3 rings (SSSR count). The van der Waals surface area contributed by atoms with Gasteiger partial charge in [-0.05, 0) is 70.2 Å². The Morgan fingerprint density at radius 3 is 2.08 bits per heavy atom. The number of para-hydroxylation sites is 1. The van der Waals surface area contributed by atoms with Crippen molar-refractivity contribution in [3.8, 4) is 0 Å². The van der Waals surface area contributed by atoms with Crippen LogP contribution in [-0.2, 0) is 14.8 Å². The predicted octanol–water partition coefficient (Wildman–Crippen LogP) is 5.66. The van der Waals surface area contributed by atoms with Gasteiger partial charge >= 0.3 is 0 Å². The van der Waals surface area contributed by atoms with Gasteiger partial charge in [0.05, 0.1) is 21.8 Å². The molecule has 0 heterocycles. The van der Waals surface area contributed by atoms with Gasteiger partial charge in [0.25, 0.3) is 15.9 Å². The third-order valence-electron chi connectivity index (χ3n) is 4.97. The Kier molecular flexibility index (Phi) is 8.33. The van der Waals surface area contributed by atoms with E-state index in [1.165, 1.54) is 30.3 Å². The quantitative estimate of drug-likeness (QED) is 0.398. The summed E-state index contributed by atoms with van der Waals surface area (Å²) in [4.78, 5) is 25.9. The molecule has 0 radical (unpaired) electrons. The van der Waals surface area contributed by atoms with Crippen molar-refractivity contribution >= 4 is 56.4 Å². The number of amides is 2. The minimum absolute atomic E-state index is 0.00181. The van der Waals surface area contributed by atoms with Crippen LogP contribution in [0.3, 0.4) is 0 Å². The summed E-state index contributed by atoms with van der Waals surface area (Å²) < 4.78 is 28.1. The minimum atomic E-state index is -4.17. The van der Waals surface area contributed by atoms with Crippen molar-refractivity contribution in [2.24, 2.45) is 0 Å². The molecule has 0 atom stereocenters. The van der Waals surface area contributed by atoms with Gasteiger partial charge in [0.15, 0.2) is 0 Å². The summed E-state index contributed by atoms with van der Waals surface area (Å²) in [6, 6.07) is 17.1. The molecule has 0 aliphatic carbocycles. The van der Waals surface area contributed by atoms with Crippen LogP contribution in [0.1, 0.15) is 36.7 Å². The largest absolute Gasteiger partial charge is 0.347 e. The standard InChI is InChI=1S/C26H27Cl2N3O4S/c1-17-9-11-21(12-10-17)36(34,35)31(20-14-18(27)13-19(28)15-20)16-24(32)29-23-8-6-5-7-22(23)25(33)30-26(2,3)4/h5-15H,16H2,1-4H3,(H,29,32)(H,30,33). The first-order chi connectivity index (χ1) is 16.8. The molecule has 0 aliphatic heterocycles. The number of hydrogen-bond donors (Lipinski definition) is 2. The molecular formula is C26H27Cl2N3O4S. The third-order valence-corrected chi connectivity index (χ3v) is 7.19. The van der Waals surface area contributed by atoms with Gasteiger partial charge in [-0.2, -0.15) is 0 Å². The zero-order valence-electron chi connectivity index (χ0n) is 20.3. The third kappa shape index (κ3) is 7.00. The summed E-state index contributed by atoms with van der Waals surface area (Å²) >= 11 is 12.3. The van der Waals surface area contributed by atoms with Gasteiger partial charge in [0.1, 0.15) is 6.54 Å². The fraction of sp³-hybridized carbons (Fsp3) is 0.231. The summed E-state index contributed by atoms with van der Waals surface area (Å²) in [7, 11) is -4.17. The van der Waals surface area contributed by atoms with Gasteiger partial charge in [-0.1, -0.05) is 53.0 Å². The highest BCUT2D eigenvalue weighted by Gasteiger charge is 2.28. The number of carbonyl (C=O) groups excluding carboxylic acids is 2. The lowest BCUT2D eigenvalue weighted by Crippen LogP contribution is -2.41. The van der Waals surface area contributed by atoms with Crippen LogP contribution in [0.4, 0.5) is 11.4 Å². The van der Waals surface area contributed by atoms with Gasteiger partial charge in [-0.25, -0.2) is 8.42 Å². The first-order valence-corrected chi connectivity index (χ1v) is 13.2. The Bertz CT molecular complexity index is 1360. The fourth-order valence-electron chi connectivity index (χ4n) is 3.35. The second-order valence-corrected chi connectivity index (χ2v) is 12.0. The number of rotatable bonds is 7. The van der Waals surface area contributed by atoms with E-state index >= 15 is 0 Å². The molecule has 0 spiro atoms. The van der Waals surface area contributed by atoms with Gasteiger partial charge in [-0.15, -0.1) is 0 Å². The number of hydrogen-bond acceptors (Lipinski definition) is 4. The van der Waals surface area contributed by atoms with Crippen LogP contribution in [0, 0.1) is 6.92 Å². The van der Waals surface area contributed by atoms with Crippen LogP contribution in [0.15, 0.2) is 71.6 Å². The molecule has 0 aromatic heterocycles. The van der Waals surface area contributed by atoms with E-state index in [9.17, 15) is 18.0 Å². The van der Waals surface area contributed by atoms with Crippen molar-refractivity contribution < 1.29 is 18.0 Å². The van der Waals surface area contributed by atoms with E-state index in [4.69, 9.17) is 23.2 Å². The summed E-state index contributed by atoms with van der Waals surface area (Å²) in [5.41, 5.74) is 1.02. The fourth-order valence-corrected chi connectivity index (χ4v) is 5.27. The number of benzene rings is 3. The lowest BCUT2D eigenvalue weighted by Gasteiger charge is -2.25. The Morgan fingerprint density at radius 1 is 0.917 bits per heavy atom. The first-order valence-electron chi connectivity index (χ1n) is 11.0. The van der Waals surface area contributed by atoms with Gasteiger partial charge in [0.2, 0.25) is 5.91 Å². The van der Waals surface area contributed by atoms with E-state index in [-0.39, 0.29) is 37.8 Å². The van der Waals surface area contributed by atoms with Crippen molar-refractivity contribution in [3.63, 3.8) is 0 Å². The van der Waals surface area contributed by atoms with Crippen LogP contribution in [0.25, 0.3) is 0 Å². The Hall–Kier alpha value is -3.07. The van der Waals surface area contributed by atoms with Crippen molar-refractivity contribution in [1.29, 1.82) is 0 Å². The van der Waals surface area contributed by atoms with E-state index in [1.807, 2.05) is 27.7 Å². The van der Waals surface area contributed by atoms with Crippen molar-refractivity contribution in [3.05, 3.63) is 87.9 Å². The maximum Gasteiger partial charge on any atom is 0.264 e. The number of anilines is 2. The topological polar surface area (TPSA) is 95.6 Å². The predicted molar refractivity (Wildman–Crippen MR) is 144 cm³/mol. The average molecular weight is 548 g/mol. The van der Waals surface area contributed by atoms with Crippen molar-refractivity contribution in [2.45, 2.75) is 38.1 Å². The monoisotopic (exact) mass is 547 g/mol. The van der Waals surface area contributed by atoms with Crippen LogP contribution < -0.4 is 14.9 Å². The van der Waals surface area contributed by atoms with E-state index in [0.717, 1.165) is 9.87 Å². The first kappa shape index (κ1) is 27.5. The Balaban J connectivity index is 1.96. The molecule has 3 aromatic rings. The summed E-state index contributed by atoms with van der Waals surface area (Å²) in [6.07, 6.45) is 0. The summed E-state index contributed by atoms with van der Waals surface area (Å²) in [5.74, 6) is -1.03. The zero-order chi connectivity index (χ0) is 26.7. The van der Waals surface area contributed by atoms with Gasteiger partial charge in [0, 0.05) is 15.6 Å². The number of aryl methyl sites for hydroxylation is 1. The highest BCUT2D eigenvalue weighted by atomic mass is 35.5. The second-order valence-electron chi connectivity index (χ2n) is 9.25. The van der Waals surface area contributed by atoms with E-state index in [2.05, 4.69) is 10.6 Å². The van der Waals surface area contributed by atoms with Crippen LogP contribution >= 0.6 is 23.2 Å². The summed E-state index contributed by atoms with van der Waals surface area (Å²) in [6.45, 7) is 6.79. The molecule has 10 heteroatoms. The van der Waals surface area contributed by atoms with Gasteiger partial charge in [-0.3, -0.25) is 13.9 Å². The van der Waals surface area contributed by atoms with Crippen LogP contribution in [-0.4, -0.2) is 32.3 Å². The lowest BCUT2D eigenvalue weighted by molar-refractivity contribution is -0.114. The minimum Gasteiger partial charge on any atom is -0.347 e.